The monoisotopic (exact) mass is 465 g/mol. The Kier molecular flexibility index (Phi) is 8.91. The summed E-state index contributed by atoms with van der Waals surface area (Å²) >= 11 is 0. The highest BCUT2D eigenvalue weighted by molar-refractivity contribution is 14.0. The maximum atomic E-state index is 6.05. The molecule has 1 fully saturated rings. The van der Waals surface area contributed by atoms with Crippen LogP contribution in [0, 0.1) is 0 Å². The summed E-state index contributed by atoms with van der Waals surface area (Å²) in [7, 11) is 0. The minimum Gasteiger partial charge on any atom is -0.376 e. The molecule has 0 radical (unpaired) electrons. The molecule has 0 amide bonds. The molecule has 2 unspecified atom stereocenters. The van der Waals surface area contributed by atoms with Crippen LogP contribution < -0.4 is 11.1 Å². The van der Waals surface area contributed by atoms with E-state index in [1.807, 2.05) is 12.1 Å². The molecule has 140 valence electrons. The third kappa shape index (κ3) is 6.61. The van der Waals surface area contributed by atoms with Gasteiger partial charge in [-0.2, -0.15) is 0 Å². The van der Waals surface area contributed by atoms with Crippen molar-refractivity contribution in [3.8, 4) is 0 Å². The van der Waals surface area contributed by atoms with Crippen LogP contribution in [0.15, 0.2) is 65.7 Å². The second-order valence-corrected chi connectivity index (χ2v) is 6.54. The van der Waals surface area contributed by atoms with E-state index >= 15 is 0 Å². The van der Waals surface area contributed by atoms with Gasteiger partial charge >= 0.3 is 0 Å². The van der Waals surface area contributed by atoms with Crippen LogP contribution in [0.25, 0.3) is 0 Å². The molecule has 0 spiro atoms. The molecular weight excluding hydrogens is 437 g/mol. The number of halogens is 1. The quantitative estimate of drug-likeness (QED) is 0.373. The highest BCUT2D eigenvalue weighted by Gasteiger charge is 2.15. The van der Waals surface area contributed by atoms with Crippen molar-refractivity contribution in [2.75, 3.05) is 19.7 Å². The van der Waals surface area contributed by atoms with Gasteiger partial charge in [0.2, 0.25) is 0 Å². The van der Waals surface area contributed by atoms with Crippen LogP contribution in [-0.4, -0.2) is 31.8 Å². The van der Waals surface area contributed by atoms with Crippen molar-refractivity contribution in [3.05, 3.63) is 71.8 Å². The highest BCUT2D eigenvalue weighted by atomic mass is 127. The van der Waals surface area contributed by atoms with Gasteiger partial charge in [0.25, 0.3) is 0 Å². The van der Waals surface area contributed by atoms with Gasteiger partial charge in [0.05, 0.1) is 6.10 Å². The summed E-state index contributed by atoms with van der Waals surface area (Å²) < 4.78 is 5.60. The number of nitrogens with zero attached hydrogens (tertiary/aromatic N) is 1. The summed E-state index contributed by atoms with van der Waals surface area (Å²) in [5, 5.41) is 3.20. The van der Waals surface area contributed by atoms with Gasteiger partial charge in [-0.15, -0.1) is 24.0 Å². The topological polar surface area (TPSA) is 59.6 Å². The smallest absolute Gasteiger partial charge is 0.188 e. The first-order chi connectivity index (χ1) is 12.3. The van der Waals surface area contributed by atoms with Gasteiger partial charge in [0, 0.05) is 25.6 Å². The molecule has 0 aromatic heterocycles. The van der Waals surface area contributed by atoms with Crippen molar-refractivity contribution in [2.45, 2.75) is 31.3 Å². The van der Waals surface area contributed by atoms with E-state index < -0.39 is 0 Å². The van der Waals surface area contributed by atoms with E-state index in [-0.39, 0.29) is 30.1 Å². The molecule has 0 saturated carbocycles. The zero-order valence-corrected chi connectivity index (χ0v) is 17.3. The van der Waals surface area contributed by atoms with E-state index in [1.165, 1.54) is 11.1 Å². The molecule has 2 aromatic carbocycles. The number of guanidine groups is 1. The molecule has 0 bridgehead atoms. The van der Waals surface area contributed by atoms with Crippen molar-refractivity contribution >= 4 is 29.9 Å². The summed E-state index contributed by atoms with van der Waals surface area (Å²) in [6.07, 6.45) is 3.45. The molecule has 26 heavy (non-hydrogen) atoms. The number of nitrogens with one attached hydrogen (secondary N) is 1. The van der Waals surface area contributed by atoms with Gasteiger partial charge < -0.3 is 15.8 Å². The second kappa shape index (κ2) is 11.2. The molecule has 1 aliphatic rings. The predicted octanol–water partition coefficient (Wildman–Crippen LogP) is 3.71. The number of hydrogen-bond acceptors (Lipinski definition) is 2. The molecule has 1 aliphatic heterocycles. The first-order valence-corrected chi connectivity index (χ1v) is 9.05. The van der Waals surface area contributed by atoms with E-state index in [0.717, 1.165) is 32.4 Å². The van der Waals surface area contributed by atoms with E-state index in [4.69, 9.17) is 10.5 Å². The molecular formula is C21H28IN3O. The lowest BCUT2D eigenvalue weighted by Crippen LogP contribution is -2.37. The fraction of sp³-hybridized carbons (Fsp3) is 0.381. The molecule has 5 heteroatoms. The Morgan fingerprint density at radius 2 is 1.81 bits per heavy atom. The Morgan fingerprint density at radius 1 is 1.12 bits per heavy atom. The lowest BCUT2D eigenvalue weighted by Gasteiger charge is -2.17. The van der Waals surface area contributed by atoms with Crippen molar-refractivity contribution < 1.29 is 4.74 Å². The number of aliphatic imine (C=N–C) groups is 1. The molecule has 3 rings (SSSR count). The highest BCUT2D eigenvalue weighted by Crippen LogP contribution is 2.21. The summed E-state index contributed by atoms with van der Waals surface area (Å²) in [4.78, 5) is 4.59. The van der Waals surface area contributed by atoms with Gasteiger partial charge in [0.1, 0.15) is 0 Å². The van der Waals surface area contributed by atoms with E-state index in [2.05, 4.69) is 58.8 Å². The van der Waals surface area contributed by atoms with Crippen molar-refractivity contribution in [1.82, 2.24) is 5.32 Å². The minimum atomic E-state index is 0. The molecule has 3 N–H and O–H groups in total. The van der Waals surface area contributed by atoms with E-state index in [1.54, 1.807) is 0 Å². The fourth-order valence-electron chi connectivity index (χ4n) is 3.20. The maximum absolute atomic E-state index is 6.05. The summed E-state index contributed by atoms with van der Waals surface area (Å²) in [5.41, 5.74) is 8.67. The molecule has 0 aliphatic carbocycles. The Labute approximate surface area is 173 Å². The zero-order chi connectivity index (χ0) is 17.3. The number of benzene rings is 2. The Balaban J connectivity index is 0.00000243. The average molecular weight is 465 g/mol. The lowest BCUT2D eigenvalue weighted by molar-refractivity contribution is 0.114. The van der Waals surface area contributed by atoms with Gasteiger partial charge in [-0.05, 0) is 30.4 Å². The number of rotatable bonds is 7. The molecule has 2 atom stereocenters. The van der Waals surface area contributed by atoms with Crippen molar-refractivity contribution in [2.24, 2.45) is 10.7 Å². The lowest BCUT2D eigenvalue weighted by atomic mass is 9.92. The predicted molar refractivity (Wildman–Crippen MR) is 118 cm³/mol. The second-order valence-electron chi connectivity index (χ2n) is 6.54. The van der Waals surface area contributed by atoms with E-state index in [9.17, 15) is 0 Å². The summed E-state index contributed by atoms with van der Waals surface area (Å²) in [6.45, 7) is 2.27. The van der Waals surface area contributed by atoms with Gasteiger partial charge in [-0.25, -0.2) is 0 Å². The average Bonchev–Trinajstić information content (AvgIpc) is 3.18. The molecule has 4 nitrogen and oxygen atoms in total. The molecule has 1 saturated heterocycles. The first-order valence-electron chi connectivity index (χ1n) is 9.05. The maximum Gasteiger partial charge on any atom is 0.188 e. The largest absolute Gasteiger partial charge is 0.376 e. The van der Waals surface area contributed by atoms with Crippen LogP contribution >= 0.6 is 24.0 Å². The Bertz CT molecular complexity index is 657. The van der Waals surface area contributed by atoms with Crippen LogP contribution in [-0.2, 0) is 11.2 Å². The molecule has 1 heterocycles. The van der Waals surface area contributed by atoms with Crippen LogP contribution in [0.4, 0.5) is 0 Å². The standard InChI is InChI=1S/C21H27N3O.HI/c22-21(24-16-20-12-7-13-25-20)23-15-19(18-10-5-2-6-11-18)14-17-8-3-1-4-9-17;/h1-6,8-11,19-20H,7,12-16H2,(H3,22,23,24);1H. The summed E-state index contributed by atoms with van der Waals surface area (Å²) in [6, 6.07) is 21.1. The third-order valence-corrected chi connectivity index (χ3v) is 4.61. The van der Waals surface area contributed by atoms with E-state index in [0.29, 0.717) is 18.4 Å². The van der Waals surface area contributed by atoms with Crippen LogP contribution in [0.2, 0.25) is 0 Å². The SMILES string of the molecule is I.NC(=NCC(Cc1ccccc1)c1ccccc1)NCC1CCCO1. The molecule has 2 aromatic rings. The first kappa shape index (κ1) is 20.7. The van der Waals surface area contributed by atoms with Crippen LogP contribution in [0.3, 0.4) is 0 Å². The van der Waals surface area contributed by atoms with Gasteiger partial charge in [-0.1, -0.05) is 60.7 Å². The van der Waals surface area contributed by atoms with Gasteiger partial charge in [0.15, 0.2) is 5.96 Å². The number of ether oxygens (including phenoxy) is 1. The fourth-order valence-corrected chi connectivity index (χ4v) is 3.20. The van der Waals surface area contributed by atoms with Crippen LogP contribution in [0.1, 0.15) is 29.9 Å². The Hall–Kier alpha value is -1.60. The minimum absolute atomic E-state index is 0. The van der Waals surface area contributed by atoms with Gasteiger partial charge in [-0.3, -0.25) is 4.99 Å². The Morgan fingerprint density at radius 3 is 2.46 bits per heavy atom. The summed E-state index contributed by atoms with van der Waals surface area (Å²) in [5.74, 6) is 0.816. The van der Waals surface area contributed by atoms with Crippen molar-refractivity contribution in [3.63, 3.8) is 0 Å². The third-order valence-electron chi connectivity index (χ3n) is 4.61. The normalized spacial score (nSPS) is 18.2. The van der Waals surface area contributed by atoms with Crippen molar-refractivity contribution in [1.29, 1.82) is 0 Å². The number of hydrogen-bond donors (Lipinski definition) is 2. The van der Waals surface area contributed by atoms with Crippen LogP contribution in [0.5, 0.6) is 0 Å². The number of nitrogens with two attached hydrogens (primary N) is 1. The zero-order valence-electron chi connectivity index (χ0n) is 15.0.